The fraction of sp³-hybridized carbons (Fsp3) is 0.625. The molecular formula is C8H13BrClN3O. The summed E-state index contributed by atoms with van der Waals surface area (Å²) in [5.41, 5.74) is 0. The SMILES string of the molecule is Cl.OC1CCNCC1n1cc(Br)cn1. The Bertz CT molecular complexity index is 294. The number of aliphatic hydroxyl groups is 1. The van der Waals surface area contributed by atoms with E-state index in [1.54, 1.807) is 10.9 Å². The summed E-state index contributed by atoms with van der Waals surface area (Å²) >= 11 is 3.33. The van der Waals surface area contributed by atoms with Crippen LogP contribution in [0, 0.1) is 0 Å². The van der Waals surface area contributed by atoms with Gasteiger partial charge in [-0.1, -0.05) is 0 Å². The Morgan fingerprint density at radius 1 is 1.64 bits per heavy atom. The largest absolute Gasteiger partial charge is 0.391 e. The van der Waals surface area contributed by atoms with Crippen molar-refractivity contribution in [3.05, 3.63) is 16.9 Å². The minimum atomic E-state index is -0.284. The molecule has 1 saturated heterocycles. The number of rotatable bonds is 1. The predicted molar refractivity (Wildman–Crippen MR) is 59.7 cm³/mol. The second-order valence-corrected chi connectivity index (χ2v) is 4.18. The number of aromatic nitrogens is 2. The molecule has 2 N–H and O–H groups in total. The average Bonchev–Trinajstić information content (AvgIpc) is 2.53. The van der Waals surface area contributed by atoms with Gasteiger partial charge in [-0.05, 0) is 28.9 Å². The van der Waals surface area contributed by atoms with Crippen molar-refractivity contribution < 1.29 is 5.11 Å². The molecule has 1 fully saturated rings. The zero-order valence-electron chi connectivity index (χ0n) is 7.56. The lowest BCUT2D eigenvalue weighted by atomic mass is 10.0. The number of hydrogen-bond acceptors (Lipinski definition) is 3. The van der Waals surface area contributed by atoms with E-state index in [1.165, 1.54) is 0 Å². The van der Waals surface area contributed by atoms with Gasteiger partial charge in [-0.15, -0.1) is 12.4 Å². The van der Waals surface area contributed by atoms with Crippen LogP contribution in [0.5, 0.6) is 0 Å². The third-order valence-corrected chi connectivity index (χ3v) is 2.73. The summed E-state index contributed by atoms with van der Waals surface area (Å²) < 4.78 is 2.76. The monoisotopic (exact) mass is 281 g/mol. The van der Waals surface area contributed by atoms with Crippen LogP contribution in [0.25, 0.3) is 0 Å². The first-order valence-electron chi connectivity index (χ1n) is 4.36. The van der Waals surface area contributed by atoms with Gasteiger partial charge in [0, 0.05) is 12.7 Å². The molecule has 0 radical (unpaired) electrons. The van der Waals surface area contributed by atoms with Gasteiger partial charge in [0.05, 0.1) is 22.8 Å². The second kappa shape index (κ2) is 5.11. The van der Waals surface area contributed by atoms with Crippen molar-refractivity contribution in [1.29, 1.82) is 0 Å². The zero-order chi connectivity index (χ0) is 9.26. The summed E-state index contributed by atoms with van der Waals surface area (Å²) in [5.74, 6) is 0. The van der Waals surface area contributed by atoms with Crippen LogP contribution >= 0.6 is 28.3 Å². The van der Waals surface area contributed by atoms with Gasteiger partial charge < -0.3 is 10.4 Å². The summed E-state index contributed by atoms with van der Waals surface area (Å²) in [6.45, 7) is 1.68. The molecule has 1 aromatic rings. The molecule has 0 bridgehead atoms. The van der Waals surface area contributed by atoms with Gasteiger partial charge in [-0.3, -0.25) is 4.68 Å². The highest BCUT2D eigenvalue weighted by Crippen LogP contribution is 2.18. The van der Waals surface area contributed by atoms with Crippen molar-refractivity contribution in [2.45, 2.75) is 18.6 Å². The minimum absolute atomic E-state index is 0. The van der Waals surface area contributed by atoms with Gasteiger partial charge in [0.1, 0.15) is 0 Å². The van der Waals surface area contributed by atoms with Crippen LogP contribution in [0.15, 0.2) is 16.9 Å². The Hall–Kier alpha value is -0.100. The molecule has 2 rings (SSSR count). The molecule has 2 unspecified atom stereocenters. The quantitative estimate of drug-likeness (QED) is 0.807. The van der Waals surface area contributed by atoms with Crippen molar-refractivity contribution in [2.75, 3.05) is 13.1 Å². The molecule has 80 valence electrons. The molecule has 0 aliphatic carbocycles. The molecule has 14 heavy (non-hydrogen) atoms. The zero-order valence-corrected chi connectivity index (χ0v) is 9.96. The molecule has 0 amide bonds. The number of hydrogen-bond donors (Lipinski definition) is 2. The van der Waals surface area contributed by atoms with E-state index in [-0.39, 0.29) is 24.6 Å². The van der Waals surface area contributed by atoms with Crippen molar-refractivity contribution in [2.24, 2.45) is 0 Å². The van der Waals surface area contributed by atoms with Gasteiger partial charge >= 0.3 is 0 Å². The van der Waals surface area contributed by atoms with Gasteiger partial charge in [-0.2, -0.15) is 5.10 Å². The lowest BCUT2D eigenvalue weighted by Gasteiger charge is -2.28. The molecule has 6 heteroatoms. The van der Waals surface area contributed by atoms with Crippen molar-refractivity contribution >= 4 is 28.3 Å². The number of nitrogens with one attached hydrogen (secondary N) is 1. The number of nitrogens with zero attached hydrogens (tertiary/aromatic N) is 2. The highest BCUT2D eigenvalue weighted by Gasteiger charge is 2.24. The summed E-state index contributed by atoms with van der Waals surface area (Å²) in [7, 11) is 0. The Labute approximate surface area is 97.2 Å². The standard InChI is InChI=1S/C8H12BrN3O.ClH/c9-6-3-11-12(5-6)7-4-10-2-1-8(7)13;/h3,5,7-8,10,13H,1-2,4H2;1H. The fourth-order valence-electron chi connectivity index (χ4n) is 1.59. The Morgan fingerprint density at radius 3 is 3.00 bits per heavy atom. The summed E-state index contributed by atoms with van der Waals surface area (Å²) in [5, 5.41) is 17.1. The normalized spacial score (nSPS) is 27.0. The number of piperidine rings is 1. The molecule has 1 aliphatic rings. The van der Waals surface area contributed by atoms with Crippen molar-refractivity contribution in [3.63, 3.8) is 0 Å². The molecule has 0 saturated carbocycles. The minimum Gasteiger partial charge on any atom is -0.391 e. The highest BCUT2D eigenvalue weighted by atomic mass is 79.9. The molecule has 1 aromatic heterocycles. The average molecular weight is 283 g/mol. The van der Waals surface area contributed by atoms with Crippen LogP contribution in [0.2, 0.25) is 0 Å². The van der Waals surface area contributed by atoms with E-state index in [4.69, 9.17) is 0 Å². The maximum atomic E-state index is 9.72. The van der Waals surface area contributed by atoms with Gasteiger partial charge in [-0.25, -0.2) is 0 Å². The lowest BCUT2D eigenvalue weighted by Crippen LogP contribution is -2.41. The smallest absolute Gasteiger partial charge is 0.0902 e. The molecule has 2 heterocycles. The Balaban J connectivity index is 0.000000980. The van der Waals surface area contributed by atoms with E-state index in [0.717, 1.165) is 24.0 Å². The maximum absolute atomic E-state index is 9.72. The maximum Gasteiger partial charge on any atom is 0.0902 e. The molecule has 0 aromatic carbocycles. The van der Waals surface area contributed by atoms with Crippen LogP contribution in [-0.4, -0.2) is 34.1 Å². The molecule has 1 aliphatic heterocycles. The second-order valence-electron chi connectivity index (χ2n) is 3.27. The summed E-state index contributed by atoms with van der Waals surface area (Å²) in [6.07, 6.45) is 4.14. The molecular weight excluding hydrogens is 269 g/mol. The predicted octanol–water partition coefficient (Wildman–Crippen LogP) is 0.963. The topological polar surface area (TPSA) is 50.1 Å². The van der Waals surface area contributed by atoms with Crippen molar-refractivity contribution in [3.8, 4) is 0 Å². The summed E-state index contributed by atoms with van der Waals surface area (Å²) in [6, 6.07) is 0.0695. The van der Waals surface area contributed by atoms with E-state index in [1.807, 2.05) is 6.20 Å². The van der Waals surface area contributed by atoms with Crippen LogP contribution < -0.4 is 5.32 Å². The first-order valence-corrected chi connectivity index (χ1v) is 5.15. The summed E-state index contributed by atoms with van der Waals surface area (Å²) in [4.78, 5) is 0. The highest BCUT2D eigenvalue weighted by molar-refractivity contribution is 9.10. The lowest BCUT2D eigenvalue weighted by molar-refractivity contribution is 0.0783. The first kappa shape index (κ1) is 12.0. The van der Waals surface area contributed by atoms with E-state index < -0.39 is 0 Å². The van der Waals surface area contributed by atoms with Gasteiger partial charge in [0.2, 0.25) is 0 Å². The molecule has 4 nitrogen and oxygen atoms in total. The Morgan fingerprint density at radius 2 is 2.43 bits per heavy atom. The van der Waals surface area contributed by atoms with E-state index in [0.29, 0.717) is 0 Å². The van der Waals surface area contributed by atoms with Gasteiger partial charge in [0.15, 0.2) is 0 Å². The van der Waals surface area contributed by atoms with E-state index >= 15 is 0 Å². The first-order chi connectivity index (χ1) is 6.27. The number of halogens is 2. The third-order valence-electron chi connectivity index (χ3n) is 2.32. The van der Waals surface area contributed by atoms with Crippen LogP contribution in [-0.2, 0) is 0 Å². The van der Waals surface area contributed by atoms with E-state index in [9.17, 15) is 5.11 Å². The van der Waals surface area contributed by atoms with Crippen LogP contribution in [0.1, 0.15) is 12.5 Å². The van der Waals surface area contributed by atoms with Crippen molar-refractivity contribution in [1.82, 2.24) is 15.1 Å². The van der Waals surface area contributed by atoms with Crippen LogP contribution in [0.4, 0.5) is 0 Å². The number of aliphatic hydroxyl groups excluding tert-OH is 1. The molecule has 0 spiro atoms. The fourth-order valence-corrected chi connectivity index (χ4v) is 1.90. The molecule has 2 atom stereocenters. The Kier molecular flexibility index (Phi) is 4.37. The third kappa shape index (κ3) is 2.48. The van der Waals surface area contributed by atoms with Crippen LogP contribution in [0.3, 0.4) is 0 Å². The van der Waals surface area contributed by atoms with E-state index in [2.05, 4.69) is 26.3 Å². The van der Waals surface area contributed by atoms with Gasteiger partial charge in [0.25, 0.3) is 0 Å².